The van der Waals surface area contributed by atoms with E-state index in [1.54, 1.807) is 13.8 Å². The molecule has 1 heterocycles. The largest absolute Gasteiger partial charge is 0.494 e. The van der Waals surface area contributed by atoms with E-state index in [-0.39, 0.29) is 37.3 Å². The Kier molecular flexibility index (Phi) is 5.23. The maximum Gasteiger partial charge on any atom is 0.339 e. The molecule has 1 fully saturated rings. The normalized spacial score (nSPS) is 18.9. The van der Waals surface area contributed by atoms with Crippen LogP contribution in [-0.2, 0) is 19.5 Å². The van der Waals surface area contributed by atoms with Crippen molar-refractivity contribution in [2.24, 2.45) is 0 Å². The SMILES string of the molecule is CCOC(=O)c1cc(OC)c(F)cc1S(=O)(=O)N1CO[C@@H](C)C1. The van der Waals surface area contributed by atoms with Gasteiger partial charge in [-0.1, -0.05) is 0 Å². The van der Waals surface area contributed by atoms with Gasteiger partial charge in [0.05, 0.1) is 30.3 Å². The summed E-state index contributed by atoms with van der Waals surface area (Å²) >= 11 is 0. The van der Waals surface area contributed by atoms with Gasteiger partial charge in [0.1, 0.15) is 6.73 Å². The van der Waals surface area contributed by atoms with Crippen molar-refractivity contribution in [2.45, 2.75) is 24.8 Å². The van der Waals surface area contributed by atoms with Gasteiger partial charge in [0.15, 0.2) is 11.6 Å². The van der Waals surface area contributed by atoms with Gasteiger partial charge in [-0.3, -0.25) is 0 Å². The van der Waals surface area contributed by atoms with Crippen molar-refractivity contribution in [3.8, 4) is 5.75 Å². The van der Waals surface area contributed by atoms with Crippen molar-refractivity contribution in [1.29, 1.82) is 0 Å². The van der Waals surface area contributed by atoms with Crippen LogP contribution in [0, 0.1) is 5.82 Å². The van der Waals surface area contributed by atoms with E-state index < -0.39 is 26.7 Å². The minimum Gasteiger partial charge on any atom is -0.494 e. The molecule has 0 aliphatic carbocycles. The van der Waals surface area contributed by atoms with Gasteiger partial charge >= 0.3 is 5.97 Å². The van der Waals surface area contributed by atoms with Crippen LogP contribution >= 0.6 is 0 Å². The van der Waals surface area contributed by atoms with Gasteiger partial charge in [-0.2, -0.15) is 4.31 Å². The second-order valence-electron chi connectivity index (χ2n) is 4.95. The first-order chi connectivity index (χ1) is 10.8. The fourth-order valence-corrected chi connectivity index (χ4v) is 3.74. The Morgan fingerprint density at radius 1 is 1.48 bits per heavy atom. The molecule has 0 radical (unpaired) electrons. The number of benzene rings is 1. The molecule has 1 aliphatic rings. The number of rotatable bonds is 5. The Morgan fingerprint density at radius 3 is 2.70 bits per heavy atom. The van der Waals surface area contributed by atoms with E-state index >= 15 is 0 Å². The van der Waals surface area contributed by atoms with Gasteiger partial charge in [-0.25, -0.2) is 17.6 Å². The summed E-state index contributed by atoms with van der Waals surface area (Å²) in [4.78, 5) is 11.6. The van der Waals surface area contributed by atoms with Crippen LogP contribution in [0.5, 0.6) is 5.75 Å². The van der Waals surface area contributed by atoms with E-state index in [4.69, 9.17) is 14.2 Å². The highest BCUT2D eigenvalue weighted by Crippen LogP contribution is 2.29. The minimum absolute atomic E-state index is 0.0574. The number of hydrogen-bond donors (Lipinski definition) is 0. The van der Waals surface area contributed by atoms with Crippen molar-refractivity contribution in [2.75, 3.05) is 27.0 Å². The Balaban J connectivity index is 2.55. The Hall–Kier alpha value is -1.71. The first-order valence-electron chi connectivity index (χ1n) is 6.97. The highest BCUT2D eigenvalue weighted by molar-refractivity contribution is 7.89. The topological polar surface area (TPSA) is 82.1 Å². The van der Waals surface area contributed by atoms with Crippen LogP contribution in [0.2, 0.25) is 0 Å². The summed E-state index contributed by atoms with van der Waals surface area (Å²) in [6.45, 7) is 3.33. The van der Waals surface area contributed by atoms with Gasteiger partial charge < -0.3 is 14.2 Å². The average Bonchev–Trinajstić information content (AvgIpc) is 2.94. The number of halogens is 1. The predicted octanol–water partition coefficient (Wildman–Crippen LogP) is 1.38. The highest BCUT2D eigenvalue weighted by atomic mass is 32.2. The van der Waals surface area contributed by atoms with Crippen molar-refractivity contribution in [1.82, 2.24) is 4.31 Å². The molecule has 0 unspecified atom stereocenters. The number of sulfonamides is 1. The number of carbonyl (C=O) groups excluding carboxylic acids is 1. The van der Waals surface area contributed by atoms with Crippen molar-refractivity contribution >= 4 is 16.0 Å². The fourth-order valence-electron chi connectivity index (χ4n) is 2.18. The number of hydrogen-bond acceptors (Lipinski definition) is 6. The summed E-state index contributed by atoms with van der Waals surface area (Å²) in [5.74, 6) is -1.98. The molecule has 0 bridgehead atoms. The summed E-state index contributed by atoms with van der Waals surface area (Å²) < 4.78 is 55.3. The number of esters is 1. The van der Waals surface area contributed by atoms with Crippen molar-refractivity contribution < 1.29 is 31.8 Å². The molecule has 0 aromatic heterocycles. The number of ether oxygens (including phenoxy) is 3. The lowest BCUT2D eigenvalue weighted by Gasteiger charge is -2.17. The predicted molar refractivity (Wildman–Crippen MR) is 78.2 cm³/mol. The molecule has 1 saturated heterocycles. The fraction of sp³-hybridized carbons (Fsp3) is 0.500. The standard InChI is InChI=1S/C14H18FNO6S/c1-4-21-14(17)10-5-12(20-3)11(15)6-13(10)23(18,19)16-7-9(2)22-8-16/h5-6,9H,4,7-8H2,1-3H3/t9-/m0/s1. The summed E-state index contributed by atoms with van der Waals surface area (Å²) in [6.07, 6.45) is -0.279. The maximum absolute atomic E-state index is 14.0. The van der Waals surface area contributed by atoms with E-state index in [9.17, 15) is 17.6 Å². The molecule has 1 aliphatic heterocycles. The molecule has 1 atom stereocenters. The third-order valence-electron chi connectivity index (χ3n) is 3.33. The van der Waals surface area contributed by atoms with Crippen LogP contribution < -0.4 is 4.74 Å². The second kappa shape index (κ2) is 6.81. The summed E-state index contributed by atoms with van der Waals surface area (Å²) in [6, 6.07) is 1.80. The number of carbonyl (C=O) groups is 1. The van der Waals surface area contributed by atoms with E-state index in [0.29, 0.717) is 0 Å². The van der Waals surface area contributed by atoms with Crippen LogP contribution in [0.4, 0.5) is 4.39 Å². The number of nitrogens with zero attached hydrogens (tertiary/aromatic N) is 1. The molecule has 0 spiro atoms. The molecule has 9 heteroatoms. The second-order valence-corrected chi connectivity index (χ2v) is 6.86. The van der Waals surface area contributed by atoms with Gasteiger partial charge in [-0.15, -0.1) is 0 Å². The Morgan fingerprint density at radius 2 is 2.17 bits per heavy atom. The summed E-state index contributed by atoms with van der Waals surface area (Å²) in [5, 5.41) is 0. The molecular weight excluding hydrogens is 329 g/mol. The molecule has 0 amide bonds. The first-order valence-corrected chi connectivity index (χ1v) is 8.41. The Bertz CT molecular complexity index is 705. The van der Waals surface area contributed by atoms with Crippen LogP contribution in [0.15, 0.2) is 17.0 Å². The lowest BCUT2D eigenvalue weighted by atomic mass is 10.2. The van der Waals surface area contributed by atoms with Crippen LogP contribution in [0.3, 0.4) is 0 Å². The average molecular weight is 347 g/mol. The van der Waals surface area contributed by atoms with Gasteiger partial charge in [0, 0.05) is 6.54 Å². The maximum atomic E-state index is 14.0. The molecule has 0 saturated carbocycles. The van der Waals surface area contributed by atoms with Crippen LogP contribution in [-0.4, -0.2) is 51.8 Å². The van der Waals surface area contributed by atoms with E-state index in [1.165, 1.54) is 7.11 Å². The Labute approximate surface area is 134 Å². The third kappa shape index (κ3) is 3.46. The highest BCUT2D eigenvalue weighted by Gasteiger charge is 2.35. The lowest BCUT2D eigenvalue weighted by molar-refractivity contribution is 0.0521. The molecule has 0 N–H and O–H groups in total. The zero-order valence-corrected chi connectivity index (χ0v) is 13.9. The van der Waals surface area contributed by atoms with Gasteiger partial charge in [-0.05, 0) is 26.0 Å². The molecule has 2 rings (SSSR count). The van der Waals surface area contributed by atoms with Gasteiger partial charge in [0.25, 0.3) is 0 Å². The smallest absolute Gasteiger partial charge is 0.339 e. The van der Waals surface area contributed by atoms with Crippen molar-refractivity contribution in [3.05, 3.63) is 23.5 Å². The van der Waals surface area contributed by atoms with E-state index in [0.717, 1.165) is 16.4 Å². The lowest BCUT2D eigenvalue weighted by Crippen LogP contribution is -2.31. The van der Waals surface area contributed by atoms with E-state index in [2.05, 4.69) is 0 Å². The summed E-state index contributed by atoms with van der Waals surface area (Å²) in [7, 11) is -2.88. The zero-order chi connectivity index (χ0) is 17.2. The molecule has 1 aromatic rings. The quantitative estimate of drug-likeness (QED) is 0.749. The molecular formula is C14H18FNO6S. The monoisotopic (exact) mass is 347 g/mol. The first kappa shape index (κ1) is 17.6. The van der Waals surface area contributed by atoms with E-state index in [1.807, 2.05) is 0 Å². The number of methoxy groups -OCH3 is 1. The summed E-state index contributed by atoms with van der Waals surface area (Å²) in [5.41, 5.74) is -0.273. The molecule has 128 valence electrons. The molecule has 1 aromatic carbocycles. The third-order valence-corrected chi connectivity index (χ3v) is 5.16. The van der Waals surface area contributed by atoms with Crippen molar-refractivity contribution in [3.63, 3.8) is 0 Å². The zero-order valence-electron chi connectivity index (χ0n) is 13.0. The molecule has 7 nitrogen and oxygen atoms in total. The van der Waals surface area contributed by atoms with Crippen LogP contribution in [0.25, 0.3) is 0 Å². The molecule has 23 heavy (non-hydrogen) atoms. The van der Waals surface area contributed by atoms with Crippen LogP contribution in [0.1, 0.15) is 24.2 Å². The van der Waals surface area contributed by atoms with Gasteiger partial charge in [0.2, 0.25) is 10.0 Å². The minimum atomic E-state index is -4.10.